The van der Waals surface area contributed by atoms with E-state index in [4.69, 9.17) is 0 Å². The summed E-state index contributed by atoms with van der Waals surface area (Å²) in [6.45, 7) is 2.07. The number of carbonyl (C=O) groups is 1. The smallest absolute Gasteiger partial charge is 0.246 e. The molecule has 5 heteroatoms. The third-order valence-electron chi connectivity index (χ3n) is 3.40. The fraction of sp³-hybridized carbons (Fsp3) is 0.417. The SMILES string of the molecule is CC1CC1NC1C(=O)Nc2c(F)cc(F)cc21. The van der Waals surface area contributed by atoms with Crippen LogP contribution in [0.4, 0.5) is 14.5 Å². The van der Waals surface area contributed by atoms with Gasteiger partial charge in [0, 0.05) is 17.7 Å². The summed E-state index contributed by atoms with van der Waals surface area (Å²) in [5, 5.41) is 5.57. The molecule has 17 heavy (non-hydrogen) atoms. The summed E-state index contributed by atoms with van der Waals surface area (Å²) in [5.41, 5.74) is 0.466. The highest BCUT2D eigenvalue weighted by Gasteiger charge is 2.40. The molecule has 1 amide bonds. The van der Waals surface area contributed by atoms with Gasteiger partial charge in [0.15, 0.2) is 0 Å². The molecule has 1 aliphatic carbocycles. The van der Waals surface area contributed by atoms with E-state index in [9.17, 15) is 13.6 Å². The zero-order valence-corrected chi connectivity index (χ0v) is 9.26. The second-order valence-corrected chi connectivity index (χ2v) is 4.76. The van der Waals surface area contributed by atoms with Gasteiger partial charge in [-0.2, -0.15) is 0 Å². The number of carbonyl (C=O) groups excluding carboxylic acids is 1. The lowest BCUT2D eigenvalue weighted by Crippen LogP contribution is -2.29. The lowest BCUT2D eigenvalue weighted by Gasteiger charge is -2.10. The first kappa shape index (κ1) is 10.7. The average molecular weight is 238 g/mol. The van der Waals surface area contributed by atoms with Crippen LogP contribution in [0.5, 0.6) is 0 Å². The van der Waals surface area contributed by atoms with Gasteiger partial charge in [0.2, 0.25) is 5.91 Å². The molecule has 2 aliphatic rings. The van der Waals surface area contributed by atoms with Gasteiger partial charge in [-0.05, 0) is 18.4 Å². The molecule has 3 atom stereocenters. The average Bonchev–Trinajstić information content (AvgIpc) is 2.85. The second-order valence-electron chi connectivity index (χ2n) is 4.76. The molecule has 3 nitrogen and oxygen atoms in total. The predicted octanol–water partition coefficient (Wildman–Crippen LogP) is 1.96. The summed E-state index contributed by atoms with van der Waals surface area (Å²) in [5.74, 6) is -1.18. The summed E-state index contributed by atoms with van der Waals surface area (Å²) in [4.78, 5) is 11.7. The van der Waals surface area contributed by atoms with E-state index in [2.05, 4.69) is 17.6 Å². The molecule has 1 aromatic rings. The maximum Gasteiger partial charge on any atom is 0.246 e. The zero-order chi connectivity index (χ0) is 12.2. The largest absolute Gasteiger partial charge is 0.322 e. The fourth-order valence-corrected chi connectivity index (χ4v) is 2.22. The molecule has 1 aliphatic heterocycles. The molecule has 0 radical (unpaired) electrons. The van der Waals surface area contributed by atoms with Crippen molar-refractivity contribution in [3.05, 3.63) is 29.3 Å². The lowest BCUT2D eigenvalue weighted by atomic mass is 10.1. The van der Waals surface area contributed by atoms with E-state index in [0.29, 0.717) is 11.5 Å². The molecule has 0 aromatic heterocycles. The molecule has 1 aromatic carbocycles. The van der Waals surface area contributed by atoms with E-state index in [-0.39, 0.29) is 17.6 Å². The van der Waals surface area contributed by atoms with Crippen LogP contribution in [0.2, 0.25) is 0 Å². The number of nitrogens with one attached hydrogen (secondary N) is 2. The minimum Gasteiger partial charge on any atom is -0.322 e. The zero-order valence-electron chi connectivity index (χ0n) is 9.26. The molecular weight excluding hydrogens is 226 g/mol. The molecule has 90 valence electrons. The van der Waals surface area contributed by atoms with Crippen molar-refractivity contribution >= 4 is 11.6 Å². The number of halogens is 2. The van der Waals surface area contributed by atoms with Gasteiger partial charge in [-0.15, -0.1) is 0 Å². The molecule has 3 rings (SSSR count). The van der Waals surface area contributed by atoms with Gasteiger partial charge >= 0.3 is 0 Å². The van der Waals surface area contributed by atoms with Crippen molar-refractivity contribution in [2.24, 2.45) is 5.92 Å². The summed E-state index contributed by atoms with van der Waals surface area (Å²) in [6, 6.07) is 1.62. The highest BCUT2D eigenvalue weighted by Crippen LogP contribution is 2.38. The van der Waals surface area contributed by atoms with Crippen molar-refractivity contribution < 1.29 is 13.6 Å². The van der Waals surface area contributed by atoms with Crippen LogP contribution in [0.3, 0.4) is 0 Å². The summed E-state index contributed by atoms with van der Waals surface area (Å²) >= 11 is 0. The molecule has 1 saturated carbocycles. The van der Waals surface area contributed by atoms with Crippen LogP contribution >= 0.6 is 0 Å². The molecule has 3 unspecified atom stereocenters. The van der Waals surface area contributed by atoms with Crippen LogP contribution in [0.1, 0.15) is 24.9 Å². The first-order chi connectivity index (χ1) is 8.06. The summed E-state index contributed by atoms with van der Waals surface area (Å²) in [6.07, 6.45) is 0.997. The van der Waals surface area contributed by atoms with Gasteiger partial charge in [-0.25, -0.2) is 8.78 Å². The normalized spacial score (nSPS) is 30.1. The number of hydrogen-bond acceptors (Lipinski definition) is 2. The molecule has 0 bridgehead atoms. The van der Waals surface area contributed by atoms with Crippen LogP contribution in [-0.4, -0.2) is 11.9 Å². The number of fused-ring (bicyclic) bond motifs is 1. The van der Waals surface area contributed by atoms with Crippen molar-refractivity contribution in [1.82, 2.24) is 5.32 Å². The van der Waals surface area contributed by atoms with Crippen LogP contribution in [0.15, 0.2) is 12.1 Å². The Balaban J connectivity index is 1.94. The van der Waals surface area contributed by atoms with Crippen LogP contribution < -0.4 is 10.6 Å². The van der Waals surface area contributed by atoms with Crippen molar-refractivity contribution in [3.8, 4) is 0 Å². The van der Waals surface area contributed by atoms with E-state index < -0.39 is 17.7 Å². The maximum absolute atomic E-state index is 13.4. The first-order valence-electron chi connectivity index (χ1n) is 5.62. The van der Waals surface area contributed by atoms with Crippen LogP contribution in [0.25, 0.3) is 0 Å². The Morgan fingerprint density at radius 2 is 2.12 bits per heavy atom. The number of benzene rings is 1. The van der Waals surface area contributed by atoms with Gasteiger partial charge in [0.05, 0.1) is 5.69 Å². The number of amides is 1. The van der Waals surface area contributed by atoms with Crippen molar-refractivity contribution in [2.75, 3.05) is 5.32 Å². The van der Waals surface area contributed by atoms with Gasteiger partial charge in [0.25, 0.3) is 0 Å². The highest BCUT2D eigenvalue weighted by molar-refractivity contribution is 6.02. The van der Waals surface area contributed by atoms with Crippen molar-refractivity contribution in [3.63, 3.8) is 0 Å². The van der Waals surface area contributed by atoms with Gasteiger partial charge in [-0.1, -0.05) is 6.92 Å². The van der Waals surface area contributed by atoms with E-state index in [1.54, 1.807) is 0 Å². The van der Waals surface area contributed by atoms with Crippen LogP contribution in [0, 0.1) is 17.6 Å². The third kappa shape index (κ3) is 1.70. The fourth-order valence-electron chi connectivity index (χ4n) is 2.22. The minimum atomic E-state index is -0.721. The van der Waals surface area contributed by atoms with Crippen molar-refractivity contribution in [2.45, 2.75) is 25.4 Å². The quantitative estimate of drug-likeness (QED) is 0.826. The number of hydrogen-bond donors (Lipinski definition) is 2. The Bertz CT molecular complexity index is 504. The second kappa shape index (κ2) is 3.50. The number of rotatable bonds is 2. The molecule has 1 heterocycles. The van der Waals surface area contributed by atoms with Gasteiger partial charge in [-0.3, -0.25) is 10.1 Å². The summed E-state index contributed by atoms with van der Waals surface area (Å²) < 4.78 is 26.6. The maximum atomic E-state index is 13.4. The predicted molar refractivity (Wildman–Crippen MR) is 58.4 cm³/mol. The Hall–Kier alpha value is -1.49. The lowest BCUT2D eigenvalue weighted by molar-refractivity contribution is -0.117. The molecule has 0 spiro atoms. The Morgan fingerprint density at radius 1 is 1.41 bits per heavy atom. The van der Waals surface area contributed by atoms with E-state index in [1.165, 1.54) is 6.07 Å². The number of anilines is 1. The van der Waals surface area contributed by atoms with Gasteiger partial charge in [0.1, 0.15) is 17.7 Å². The van der Waals surface area contributed by atoms with E-state index in [0.717, 1.165) is 12.5 Å². The first-order valence-corrected chi connectivity index (χ1v) is 5.62. The van der Waals surface area contributed by atoms with E-state index >= 15 is 0 Å². The molecule has 0 saturated heterocycles. The monoisotopic (exact) mass is 238 g/mol. The van der Waals surface area contributed by atoms with Crippen LogP contribution in [-0.2, 0) is 4.79 Å². The third-order valence-corrected chi connectivity index (χ3v) is 3.40. The van der Waals surface area contributed by atoms with Crippen molar-refractivity contribution in [1.29, 1.82) is 0 Å². The highest BCUT2D eigenvalue weighted by atomic mass is 19.1. The topological polar surface area (TPSA) is 41.1 Å². The van der Waals surface area contributed by atoms with E-state index in [1.807, 2.05) is 0 Å². The summed E-state index contributed by atoms with van der Waals surface area (Å²) in [7, 11) is 0. The molecular formula is C12H12F2N2O. The Labute approximate surface area is 97.2 Å². The molecule has 1 fully saturated rings. The Kier molecular flexibility index (Phi) is 2.19. The Morgan fingerprint density at radius 3 is 2.76 bits per heavy atom. The van der Waals surface area contributed by atoms with Gasteiger partial charge < -0.3 is 5.32 Å². The minimum absolute atomic E-state index is 0.0993. The molecule has 2 N–H and O–H groups in total. The standard InChI is InChI=1S/C12H12F2N2O/c1-5-2-9(5)15-11-7-3-6(13)4-8(14)10(7)16-12(11)17/h3-5,9,11,15H,2H2,1H3,(H,16,17).